The average molecular weight is 430 g/mol. The Morgan fingerprint density at radius 2 is 1.84 bits per heavy atom. The second-order valence-corrected chi connectivity index (χ2v) is 9.30. The normalized spacial score (nSPS) is 14.6. The predicted molar refractivity (Wildman–Crippen MR) is 130 cm³/mol. The number of nitrogens with one attached hydrogen (secondary N) is 2. The molecule has 0 amide bonds. The average Bonchev–Trinajstić information content (AvgIpc) is 3.22. The molecular formula is C25H27N5S. The minimum Gasteiger partial charge on any atom is -0.365 e. The Hall–Kier alpha value is -2.99. The first kappa shape index (κ1) is 19.9. The quantitative estimate of drug-likeness (QED) is 0.370. The van der Waals surface area contributed by atoms with Gasteiger partial charge < -0.3 is 10.6 Å². The van der Waals surface area contributed by atoms with Crippen LogP contribution in [-0.2, 0) is 6.54 Å². The summed E-state index contributed by atoms with van der Waals surface area (Å²) in [6.45, 7) is 2.85. The minimum atomic E-state index is 0.575. The van der Waals surface area contributed by atoms with Crippen molar-refractivity contribution in [1.29, 1.82) is 0 Å². The number of thiazole rings is 1. The van der Waals surface area contributed by atoms with Crippen molar-refractivity contribution in [2.45, 2.75) is 51.6 Å². The summed E-state index contributed by atoms with van der Waals surface area (Å²) in [5.74, 6) is 0.781. The van der Waals surface area contributed by atoms with Crippen LogP contribution in [0.5, 0.6) is 0 Å². The first-order chi connectivity index (χ1) is 15.2. The number of fused-ring (bicyclic) bond motifs is 1. The zero-order chi connectivity index (χ0) is 21.0. The molecule has 5 nitrogen and oxygen atoms in total. The molecular weight excluding hydrogens is 402 g/mol. The molecule has 0 radical (unpaired) electrons. The van der Waals surface area contributed by atoms with Gasteiger partial charge in [0.1, 0.15) is 5.82 Å². The number of rotatable bonds is 6. The van der Waals surface area contributed by atoms with E-state index in [4.69, 9.17) is 9.97 Å². The lowest BCUT2D eigenvalue weighted by Gasteiger charge is -2.22. The molecule has 1 saturated carbocycles. The summed E-state index contributed by atoms with van der Waals surface area (Å²) in [5, 5.41) is 8.15. The molecule has 0 atom stereocenters. The summed E-state index contributed by atoms with van der Waals surface area (Å²) >= 11 is 1.76. The van der Waals surface area contributed by atoms with Crippen LogP contribution in [0.4, 0.5) is 10.9 Å². The first-order valence-electron chi connectivity index (χ1n) is 11.0. The fraction of sp³-hybridized carbons (Fsp3) is 0.320. The van der Waals surface area contributed by atoms with Gasteiger partial charge in [0.2, 0.25) is 0 Å². The van der Waals surface area contributed by atoms with Gasteiger partial charge in [-0.1, -0.05) is 67.0 Å². The summed E-state index contributed by atoms with van der Waals surface area (Å²) < 4.78 is 1.24. The zero-order valence-electron chi connectivity index (χ0n) is 17.8. The van der Waals surface area contributed by atoms with Gasteiger partial charge in [-0.2, -0.15) is 0 Å². The van der Waals surface area contributed by atoms with Gasteiger partial charge in [0, 0.05) is 18.2 Å². The van der Waals surface area contributed by atoms with Gasteiger partial charge in [0.05, 0.1) is 28.3 Å². The summed E-state index contributed by atoms with van der Waals surface area (Å²) in [6.07, 6.45) is 10.1. The van der Waals surface area contributed by atoms with E-state index in [9.17, 15) is 0 Å². The third kappa shape index (κ3) is 4.69. The van der Waals surface area contributed by atoms with Crippen LogP contribution >= 0.6 is 11.3 Å². The van der Waals surface area contributed by atoms with Gasteiger partial charge in [-0.25, -0.2) is 9.97 Å². The van der Waals surface area contributed by atoms with Crippen LogP contribution in [0.2, 0.25) is 0 Å². The lowest BCUT2D eigenvalue weighted by molar-refractivity contribution is 0.462. The van der Waals surface area contributed by atoms with Crippen molar-refractivity contribution in [2.75, 3.05) is 10.6 Å². The van der Waals surface area contributed by atoms with E-state index in [1.807, 2.05) is 30.3 Å². The van der Waals surface area contributed by atoms with Gasteiger partial charge >= 0.3 is 0 Å². The molecule has 2 aromatic heterocycles. The Morgan fingerprint density at radius 1 is 1.00 bits per heavy atom. The van der Waals surface area contributed by atoms with E-state index in [2.05, 4.69) is 34.7 Å². The van der Waals surface area contributed by atoms with Crippen molar-refractivity contribution in [3.8, 4) is 11.3 Å². The van der Waals surface area contributed by atoms with Gasteiger partial charge in [0.15, 0.2) is 5.13 Å². The van der Waals surface area contributed by atoms with E-state index in [1.165, 1.54) is 47.9 Å². The maximum atomic E-state index is 4.88. The van der Waals surface area contributed by atoms with Crippen LogP contribution in [0.15, 0.2) is 54.9 Å². The molecule has 2 aromatic carbocycles. The Balaban J connectivity index is 1.30. The molecule has 5 rings (SSSR count). The van der Waals surface area contributed by atoms with Crippen molar-refractivity contribution in [1.82, 2.24) is 15.0 Å². The molecule has 1 aliphatic rings. The number of hydrogen-bond donors (Lipinski definition) is 2. The molecule has 31 heavy (non-hydrogen) atoms. The van der Waals surface area contributed by atoms with Gasteiger partial charge in [0.25, 0.3) is 0 Å². The van der Waals surface area contributed by atoms with Crippen LogP contribution in [0.1, 0.15) is 43.2 Å². The molecule has 0 saturated heterocycles. The molecule has 158 valence electrons. The highest BCUT2D eigenvalue weighted by Gasteiger charge is 2.16. The molecule has 6 heteroatoms. The third-order valence-corrected chi connectivity index (χ3v) is 6.79. The highest BCUT2D eigenvalue weighted by atomic mass is 32.1. The monoisotopic (exact) mass is 429 g/mol. The summed E-state index contributed by atoms with van der Waals surface area (Å²) in [6, 6.07) is 15.2. The highest BCUT2D eigenvalue weighted by molar-refractivity contribution is 7.22. The predicted octanol–water partition coefficient (Wildman–Crippen LogP) is 6.42. The van der Waals surface area contributed by atoms with Crippen molar-refractivity contribution in [3.63, 3.8) is 0 Å². The van der Waals surface area contributed by atoms with E-state index in [0.29, 0.717) is 12.6 Å². The van der Waals surface area contributed by atoms with Gasteiger partial charge in [-0.3, -0.25) is 4.98 Å². The fourth-order valence-electron chi connectivity index (χ4n) is 4.25. The number of aryl methyl sites for hydroxylation is 1. The SMILES string of the molecule is Cc1cc(CNc2cncc(-c3ccccc3)n2)cc2sc(NC3CCCCC3)nc12. The second-order valence-electron chi connectivity index (χ2n) is 8.27. The van der Waals surface area contributed by atoms with Crippen LogP contribution in [0.3, 0.4) is 0 Å². The van der Waals surface area contributed by atoms with Crippen molar-refractivity contribution < 1.29 is 0 Å². The molecule has 0 spiro atoms. The Kier molecular flexibility index (Phi) is 5.80. The topological polar surface area (TPSA) is 62.7 Å². The van der Waals surface area contributed by atoms with Crippen LogP contribution in [0, 0.1) is 6.92 Å². The van der Waals surface area contributed by atoms with E-state index in [0.717, 1.165) is 27.7 Å². The number of anilines is 2. The van der Waals surface area contributed by atoms with Crippen LogP contribution in [0.25, 0.3) is 21.5 Å². The molecule has 0 bridgehead atoms. The largest absolute Gasteiger partial charge is 0.365 e. The lowest BCUT2D eigenvalue weighted by atomic mass is 9.96. The Bertz CT molecular complexity index is 1170. The maximum Gasteiger partial charge on any atom is 0.184 e. The smallest absolute Gasteiger partial charge is 0.184 e. The number of nitrogens with zero attached hydrogens (tertiary/aromatic N) is 3. The molecule has 2 heterocycles. The standard InChI is InChI=1S/C25H27N5S/c1-17-12-18(13-22-24(17)30-25(31-22)28-20-10-6-3-7-11-20)14-27-23-16-26-15-21(29-23)19-8-4-2-5-9-19/h2,4-5,8-9,12-13,15-16,20H,3,6-7,10-11,14H2,1H3,(H,27,29)(H,28,30). The van der Waals surface area contributed by atoms with Crippen molar-refractivity contribution in [2.24, 2.45) is 0 Å². The minimum absolute atomic E-state index is 0.575. The molecule has 1 aliphatic carbocycles. The maximum absolute atomic E-state index is 4.88. The van der Waals surface area contributed by atoms with Crippen LogP contribution < -0.4 is 10.6 Å². The Labute approximate surface area is 187 Å². The summed E-state index contributed by atoms with van der Waals surface area (Å²) in [7, 11) is 0. The first-order valence-corrected chi connectivity index (χ1v) is 11.8. The van der Waals surface area contributed by atoms with E-state index in [-0.39, 0.29) is 0 Å². The van der Waals surface area contributed by atoms with Crippen LogP contribution in [-0.4, -0.2) is 21.0 Å². The van der Waals surface area contributed by atoms with Crippen molar-refractivity contribution in [3.05, 3.63) is 66.0 Å². The number of benzene rings is 2. The Morgan fingerprint density at radius 3 is 2.68 bits per heavy atom. The molecule has 4 aromatic rings. The highest BCUT2D eigenvalue weighted by Crippen LogP contribution is 2.31. The third-order valence-electron chi connectivity index (χ3n) is 5.86. The van der Waals surface area contributed by atoms with Crippen molar-refractivity contribution >= 4 is 32.5 Å². The number of aromatic nitrogens is 3. The second kappa shape index (κ2) is 9.02. The van der Waals surface area contributed by atoms with E-state index >= 15 is 0 Å². The van der Waals surface area contributed by atoms with E-state index in [1.54, 1.807) is 23.7 Å². The molecule has 2 N–H and O–H groups in total. The summed E-state index contributed by atoms with van der Waals surface area (Å²) in [5.41, 5.74) is 5.49. The van der Waals surface area contributed by atoms with Gasteiger partial charge in [-0.15, -0.1) is 0 Å². The fourth-order valence-corrected chi connectivity index (χ4v) is 5.33. The molecule has 1 fully saturated rings. The van der Waals surface area contributed by atoms with E-state index < -0.39 is 0 Å². The summed E-state index contributed by atoms with van der Waals surface area (Å²) in [4.78, 5) is 14.0. The van der Waals surface area contributed by atoms with Gasteiger partial charge in [-0.05, 0) is 37.0 Å². The molecule has 0 aliphatic heterocycles. The lowest BCUT2D eigenvalue weighted by Crippen LogP contribution is -2.21. The number of hydrogen-bond acceptors (Lipinski definition) is 6. The molecule has 0 unspecified atom stereocenters. The zero-order valence-corrected chi connectivity index (χ0v) is 18.6.